The van der Waals surface area contributed by atoms with Gasteiger partial charge >= 0.3 is 6.03 Å². The number of carbonyl (C=O) groups is 1. The highest BCUT2D eigenvalue weighted by Crippen LogP contribution is 2.10. The maximum Gasteiger partial charge on any atom is 0.317 e. The van der Waals surface area contributed by atoms with Crippen LogP contribution in [-0.2, 0) is 4.74 Å². The molecule has 1 N–H and O–H groups in total. The second-order valence-corrected chi connectivity index (χ2v) is 6.29. The lowest BCUT2D eigenvalue weighted by atomic mass is 10.3. The molecule has 2 aliphatic heterocycles. The van der Waals surface area contributed by atoms with Crippen molar-refractivity contribution in [3.05, 3.63) is 18.5 Å². The van der Waals surface area contributed by atoms with E-state index < -0.39 is 0 Å². The highest BCUT2D eigenvalue weighted by atomic mass is 16.5. The Kier molecular flexibility index (Phi) is 5.81. The summed E-state index contributed by atoms with van der Waals surface area (Å²) in [6.07, 6.45) is 3.49. The van der Waals surface area contributed by atoms with E-state index in [0.29, 0.717) is 13.1 Å². The first-order valence-electron chi connectivity index (χ1n) is 8.60. The minimum atomic E-state index is 0.0180. The Bertz CT molecular complexity index is 515. The molecule has 8 heteroatoms. The van der Waals surface area contributed by atoms with Gasteiger partial charge in [-0.3, -0.25) is 4.90 Å². The molecule has 1 aromatic rings. The number of nitrogens with one attached hydrogen (secondary N) is 1. The summed E-state index contributed by atoms with van der Waals surface area (Å²) in [7, 11) is 0. The number of hydrogen-bond donors (Lipinski definition) is 1. The van der Waals surface area contributed by atoms with Crippen molar-refractivity contribution in [1.82, 2.24) is 25.1 Å². The molecular weight excluding hydrogens is 308 g/mol. The normalized spacial score (nSPS) is 20.7. The molecule has 1 aromatic heterocycles. The average Bonchev–Trinajstić information content (AvgIpc) is 2.63. The number of rotatable bonds is 4. The van der Waals surface area contributed by atoms with Gasteiger partial charge in [0.1, 0.15) is 0 Å². The molecule has 0 bridgehead atoms. The summed E-state index contributed by atoms with van der Waals surface area (Å²) in [4.78, 5) is 27.3. The van der Waals surface area contributed by atoms with Gasteiger partial charge in [-0.15, -0.1) is 0 Å². The predicted octanol–water partition coefficient (Wildman–Crippen LogP) is 0.0289. The topological polar surface area (TPSA) is 73.8 Å². The van der Waals surface area contributed by atoms with Gasteiger partial charge in [-0.05, 0) is 13.0 Å². The minimum absolute atomic E-state index is 0.0180. The molecule has 132 valence electrons. The van der Waals surface area contributed by atoms with Gasteiger partial charge in [-0.2, -0.15) is 0 Å². The fraction of sp³-hybridized carbons (Fsp3) is 0.688. The Morgan fingerprint density at radius 3 is 2.50 bits per heavy atom. The Morgan fingerprint density at radius 1 is 1.17 bits per heavy atom. The SMILES string of the molecule is CC(CN1CCOCC1)NC(=O)N1CCN(c2ncccn2)CC1. The highest BCUT2D eigenvalue weighted by molar-refractivity contribution is 5.74. The van der Waals surface area contributed by atoms with Gasteiger partial charge in [0.2, 0.25) is 5.95 Å². The Morgan fingerprint density at radius 2 is 1.83 bits per heavy atom. The fourth-order valence-electron chi connectivity index (χ4n) is 3.08. The molecule has 3 rings (SSSR count). The van der Waals surface area contributed by atoms with Gasteiger partial charge in [-0.1, -0.05) is 0 Å². The standard InChI is InChI=1S/C16H26N6O2/c1-14(13-20-9-11-24-12-10-20)19-16(23)22-7-5-21(6-8-22)15-17-3-2-4-18-15/h2-4,14H,5-13H2,1H3,(H,19,23). The van der Waals surface area contributed by atoms with E-state index >= 15 is 0 Å². The van der Waals surface area contributed by atoms with Crippen LogP contribution in [0.2, 0.25) is 0 Å². The molecular formula is C16H26N6O2. The monoisotopic (exact) mass is 334 g/mol. The van der Waals surface area contributed by atoms with Crippen LogP contribution in [0.15, 0.2) is 18.5 Å². The van der Waals surface area contributed by atoms with E-state index in [1.54, 1.807) is 12.4 Å². The number of hydrogen-bond acceptors (Lipinski definition) is 6. The van der Waals surface area contributed by atoms with E-state index in [1.165, 1.54) is 0 Å². The van der Waals surface area contributed by atoms with E-state index in [2.05, 4.69) is 32.0 Å². The van der Waals surface area contributed by atoms with Gasteiger partial charge in [0.25, 0.3) is 0 Å². The second-order valence-electron chi connectivity index (χ2n) is 6.29. The smallest absolute Gasteiger partial charge is 0.317 e. The van der Waals surface area contributed by atoms with Crippen LogP contribution in [-0.4, -0.2) is 90.9 Å². The number of amides is 2. The molecule has 0 aromatic carbocycles. The summed E-state index contributed by atoms with van der Waals surface area (Å²) in [5.41, 5.74) is 0. The molecule has 2 saturated heterocycles. The number of carbonyl (C=O) groups excluding carboxylic acids is 1. The number of morpholine rings is 1. The molecule has 8 nitrogen and oxygen atoms in total. The van der Waals surface area contributed by atoms with E-state index in [-0.39, 0.29) is 12.1 Å². The van der Waals surface area contributed by atoms with Crippen LogP contribution < -0.4 is 10.2 Å². The van der Waals surface area contributed by atoms with Crippen LogP contribution in [0.3, 0.4) is 0 Å². The molecule has 1 atom stereocenters. The van der Waals surface area contributed by atoms with Crippen molar-refractivity contribution in [3.63, 3.8) is 0 Å². The zero-order valence-electron chi connectivity index (χ0n) is 14.2. The first kappa shape index (κ1) is 16.9. The second kappa shape index (κ2) is 8.25. The van der Waals surface area contributed by atoms with Crippen LogP contribution in [0.1, 0.15) is 6.92 Å². The van der Waals surface area contributed by atoms with Crippen molar-refractivity contribution in [1.29, 1.82) is 0 Å². The van der Waals surface area contributed by atoms with Crippen molar-refractivity contribution in [2.45, 2.75) is 13.0 Å². The summed E-state index contributed by atoms with van der Waals surface area (Å²) in [5, 5.41) is 3.11. The number of urea groups is 1. The third kappa shape index (κ3) is 4.55. The van der Waals surface area contributed by atoms with Crippen LogP contribution in [0.5, 0.6) is 0 Å². The van der Waals surface area contributed by atoms with Crippen molar-refractivity contribution >= 4 is 12.0 Å². The molecule has 2 fully saturated rings. The van der Waals surface area contributed by atoms with Gasteiger partial charge in [-0.25, -0.2) is 14.8 Å². The molecule has 0 spiro atoms. The van der Waals surface area contributed by atoms with Crippen LogP contribution in [0, 0.1) is 0 Å². The summed E-state index contributed by atoms with van der Waals surface area (Å²) >= 11 is 0. The molecule has 0 saturated carbocycles. The zero-order valence-corrected chi connectivity index (χ0v) is 14.2. The van der Waals surface area contributed by atoms with E-state index in [4.69, 9.17) is 4.74 Å². The fourth-order valence-corrected chi connectivity index (χ4v) is 3.08. The van der Waals surface area contributed by atoms with Crippen molar-refractivity contribution in [2.75, 3.05) is 63.9 Å². The van der Waals surface area contributed by atoms with E-state index in [1.807, 2.05) is 11.0 Å². The minimum Gasteiger partial charge on any atom is -0.379 e. The number of anilines is 1. The van der Waals surface area contributed by atoms with E-state index in [0.717, 1.165) is 51.9 Å². The third-order valence-electron chi connectivity index (χ3n) is 4.41. The maximum atomic E-state index is 12.4. The summed E-state index contributed by atoms with van der Waals surface area (Å²) < 4.78 is 5.35. The number of ether oxygens (including phenoxy) is 1. The van der Waals surface area contributed by atoms with Gasteiger partial charge < -0.3 is 19.9 Å². The Labute approximate surface area is 142 Å². The molecule has 0 aliphatic carbocycles. The summed E-state index contributed by atoms with van der Waals surface area (Å²) in [6.45, 7) is 9.27. The van der Waals surface area contributed by atoms with E-state index in [9.17, 15) is 4.79 Å². The predicted molar refractivity (Wildman–Crippen MR) is 91.1 cm³/mol. The number of nitrogens with zero attached hydrogens (tertiary/aromatic N) is 5. The zero-order chi connectivity index (χ0) is 16.8. The van der Waals surface area contributed by atoms with Crippen LogP contribution >= 0.6 is 0 Å². The van der Waals surface area contributed by atoms with Crippen molar-refractivity contribution in [3.8, 4) is 0 Å². The quantitative estimate of drug-likeness (QED) is 0.837. The molecule has 1 unspecified atom stereocenters. The molecule has 2 aliphatic rings. The average molecular weight is 334 g/mol. The maximum absolute atomic E-state index is 12.4. The van der Waals surface area contributed by atoms with Gasteiger partial charge in [0.15, 0.2) is 0 Å². The van der Waals surface area contributed by atoms with Crippen molar-refractivity contribution in [2.24, 2.45) is 0 Å². The van der Waals surface area contributed by atoms with Crippen molar-refractivity contribution < 1.29 is 9.53 Å². The van der Waals surface area contributed by atoms with Crippen LogP contribution in [0.4, 0.5) is 10.7 Å². The van der Waals surface area contributed by atoms with Gasteiger partial charge in [0, 0.05) is 64.2 Å². The molecule has 2 amide bonds. The third-order valence-corrected chi connectivity index (χ3v) is 4.41. The number of piperazine rings is 1. The molecule has 24 heavy (non-hydrogen) atoms. The summed E-state index contributed by atoms with van der Waals surface area (Å²) in [6, 6.07) is 1.96. The first-order chi connectivity index (χ1) is 11.7. The lowest BCUT2D eigenvalue weighted by molar-refractivity contribution is 0.0346. The Hall–Kier alpha value is -1.93. The highest BCUT2D eigenvalue weighted by Gasteiger charge is 2.24. The van der Waals surface area contributed by atoms with Gasteiger partial charge in [0.05, 0.1) is 13.2 Å². The lowest BCUT2D eigenvalue weighted by Gasteiger charge is -2.36. The first-order valence-corrected chi connectivity index (χ1v) is 8.60. The van der Waals surface area contributed by atoms with Crippen LogP contribution in [0.25, 0.3) is 0 Å². The Balaban J connectivity index is 1.41. The lowest BCUT2D eigenvalue weighted by Crippen LogP contribution is -2.55. The molecule has 0 radical (unpaired) electrons. The number of aromatic nitrogens is 2. The largest absolute Gasteiger partial charge is 0.379 e. The molecule has 3 heterocycles. The summed E-state index contributed by atoms with van der Waals surface area (Å²) in [5.74, 6) is 0.734.